The molecule has 0 bridgehead atoms. The summed E-state index contributed by atoms with van der Waals surface area (Å²) in [7, 11) is 0. The number of hydrogen-bond donors (Lipinski definition) is 0. The molecule has 0 N–H and O–H groups in total. The van der Waals surface area contributed by atoms with Gasteiger partial charge in [0.15, 0.2) is 11.6 Å². The zero-order chi connectivity index (χ0) is 38.6. The van der Waals surface area contributed by atoms with Crippen molar-refractivity contribution in [1.82, 2.24) is 15.0 Å². The van der Waals surface area contributed by atoms with Crippen LogP contribution < -0.4 is 0 Å². The molecule has 4 nitrogen and oxygen atoms in total. The van der Waals surface area contributed by atoms with Gasteiger partial charge in [-0.05, 0) is 89.6 Å². The zero-order valence-electron chi connectivity index (χ0n) is 31.6. The van der Waals surface area contributed by atoms with Crippen LogP contribution in [0.1, 0.15) is 17.0 Å². The van der Waals surface area contributed by atoms with Crippen LogP contribution in [0.3, 0.4) is 0 Å². The Balaban J connectivity index is 1.13. The summed E-state index contributed by atoms with van der Waals surface area (Å²) in [5.41, 5.74) is 8.04. The second kappa shape index (κ2) is 13.8. The minimum atomic E-state index is 0.483. The van der Waals surface area contributed by atoms with Crippen LogP contribution in [0.5, 0.6) is 0 Å². The van der Waals surface area contributed by atoms with E-state index in [4.69, 9.17) is 19.4 Å². The Morgan fingerprint density at radius 3 is 1.95 bits per heavy atom. The molecule has 0 unspecified atom stereocenters. The largest absolute Gasteiger partial charge is 0.456 e. The minimum absolute atomic E-state index is 0.483. The second-order valence-corrected chi connectivity index (χ2v) is 14.7. The third-order valence-electron chi connectivity index (χ3n) is 11.3. The molecule has 4 heteroatoms. The van der Waals surface area contributed by atoms with Gasteiger partial charge in [-0.1, -0.05) is 170 Å². The molecule has 2 heterocycles. The van der Waals surface area contributed by atoms with Crippen LogP contribution in [0.4, 0.5) is 0 Å². The molecule has 0 aliphatic carbocycles. The Bertz CT molecular complexity index is 3470. The summed E-state index contributed by atoms with van der Waals surface area (Å²) in [6.07, 6.45) is 6.45. The van der Waals surface area contributed by atoms with Crippen molar-refractivity contribution in [3.63, 3.8) is 0 Å². The summed E-state index contributed by atoms with van der Waals surface area (Å²) in [6.45, 7) is 4.02. The molecule has 2 aromatic heterocycles. The molecule has 11 rings (SSSR count). The lowest BCUT2D eigenvalue weighted by atomic mass is 9.91. The smallest absolute Gasteiger partial charge is 0.164 e. The SMILES string of the molecule is C=C/C=C\c1c(Cc2nc(-c3ccc4ccc5ccccc5c4c3)nc(-c3cc4ccccc4c4ccccc34)n2)cccc1-c1cccc2oc3ccccc3c12. The van der Waals surface area contributed by atoms with E-state index in [1.54, 1.807) is 0 Å². The Morgan fingerprint density at radius 2 is 1.10 bits per heavy atom. The lowest BCUT2D eigenvalue weighted by Gasteiger charge is -2.15. The van der Waals surface area contributed by atoms with Crippen LogP contribution in [0.25, 0.3) is 105 Å². The van der Waals surface area contributed by atoms with Gasteiger partial charge in [-0.2, -0.15) is 0 Å². The Hall–Kier alpha value is -7.69. The maximum Gasteiger partial charge on any atom is 0.164 e. The van der Waals surface area contributed by atoms with Gasteiger partial charge in [-0.25, -0.2) is 15.0 Å². The highest BCUT2D eigenvalue weighted by Gasteiger charge is 2.19. The summed E-state index contributed by atoms with van der Waals surface area (Å²) in [5, 5.41) is 11.5. The fourth-order valence-corrected chi connectivity index (χ4v) is 8.66. The normalized spacial score (nSPS) is 11.9. The Labute approximate surface area is 335 Å². The van der Waals surface area contributed by atoms with Crippen molar-refractivity contribution >= 4 is 71.1 Å². The summed E-state index contributed by atoms with van der Waals surface area (Å²) in [5.74, 6) is 1.97. The van der Waals surface area contributed by atoms with Crippen molar-refractivity contribution in [1.29, 1.82) is 0 Å². The topological polar surface area (TPSA) is 51.8 Å². The fraction of sp³-hybridized carbons (Fsp3) is 0.0185. The fourth-order valence-electron chi connectivity index (χ4n) is 8.66. The van der Waals surface area contributed by atoms with Gasteiger partial charge in [0.1, 0.15) is 17.0 Å². The summed E-state index contributed by atoms with van der Waals surface area (Å²) < 4.78 is 6.32. The molecule has 0 aliphatic heterocycles. The number of aromatic nitrogens is 3. The van der Waals surface area contributed by atoms with Crippen LogP contribution >= 0.6 is 0 Å². The molecule has 9 aromatic carbocycles. The molecular formula is C54H35N3O. The quantitative estimate of drug-likeness (QED) is 0.121. The van der Waals surface area contributed by atoms with E-state index in [1.165, 1.54) is 32.3 Å². The summed E-state index contributed by atoms with van der Waals surface area (Å²) >= 11 is 0. The number of para-hydroxylation sites is 1. The van der Waals surface area contributed by atoms with Crippen LogP contribution in [0.15, 0.2) is 193 Å². The number of hydrogen-bond acceptors (Lipinski definition) is 4. The van der Waals surface area contributed by atoms with Gasteiger partial charge in [0.05, 0.1) is 0 Å². The Kier molecular flexibility index (Phi) is 8.00. The molecule has 0 saturated carbocycles. The average molecular weight is 742 g/mol. The predicted octanol–water partition coefficient (Wildman–Crippen LogP) is 14.2. The number of allylic oxidation sites excluding steroid dienone is 2. The van der Waals surface area contributed by atoms with Gasteiger partial charge in [0, 0.05) is 28.3 Å². The van der Waals surface area contributed by atoms with Crippen LogP contribution in [-0.2, 0) is 6.42 Å². The number of rotatable bonds is 7. The summed E-state index contributed by atoms with van der Waals surface area (Å²) in [4.78, 5) is 15.9. The van der Waals surface area contributed by atoms with Crippen LogP contribution in [-0.4, -0.2) is 15.0 Å². The Morgan fingerprint density at radius 1 is 0.466 bits per heavy atom. The first-order chi connectivity index (χ1) is 28.7. The van der Waals surface area contributed by atoms with E-state index in [-0.39, 0.29) is 0 Å². The molecule has 0 saturated heterocycles. The van der Waals surface area contributed by atoms with Gasteiger partial charge >= 0.3 is 0 Å². The lowest BCUT2D eigenvalue weighted by Crippen LogP contribution is -2.05. The first-order valence-corrected chi connectivity index (χ1v) is 19.6. The monoisotopic (exact) mass is 741 g/mol. The van der Waals surface area contributed by atoms with Crippen molar-refractivity contribution in [2.24, 2.45) is 0 Å². The highest BCUT2D eigenvalue weighted by atomic mass is 16.3. The molecule has 272 valence electrons. The van der Waals surface area contributed by atoms with Crippen molar-refractivity contribution < 1.29 is 4.42 Å². The average Bonchev–Trinajstić information content (AvgIpc) is 3.67. The molecule has 0 fully saturated rings. The molecule has 11 aromatic rings. The third-order valence-corrected chi connectivity index (χ3v) is 11.3. The van der Waals surface area contributed by atoms with E-state index in [1.807, 2.05) is 30.4 Å². The molecule has 0 radical (unpaired) electrons. The lowest BCUT2D eigenvalue weighted by molar-refractivity contribution is 0.669. The van der Waals surface area contributed by atoms with Crippen LogP contribution in [0.2, 0.25) is 0 Å². The molecule has 0 amide bonds. The predicted molar refractivity (Wildman–Crippen MR) is 242 cm³/mol. The zero-order valence-corrected chi connectivity index (χ0v) is 31.6. The highest BCUT2D eigenvalue weighted by molar-refractivity contribution is 6.14. The standard InChI is InChI=1S/C54H35N3O/c1-2-3-17-40-37(16-12-23-43(40)45-24-13-26-50-52(45)46-22-10-11-25-49(46)58-50)33-51-55-53(38-30-29-35-28-27-34-14-4-6-18-39(34)47(35)32-38)57-54(56-51)48-31-36-15-5-7-19-41(36)42-20-8-9-21-44(42)48/h2-32H,1,33H2/b17-3-. The minimum Gasteiger partial charge on any atom is -0.456 e. The van der Waals surface area contributed by atoms with Crippen molar-refractivity contribution in [2.45, 2.75) is 6.42 Å². The van der Waals surface area contributed by atoms with E-state index in [9.17, 15) is 0 Å². The van der Waals surface area contributed by atoms with E-state index >= 15 is 0 Å². The summed E-state index contributed by atoms with van der Waals surface area (Å²) in [6, 6.07) is 59.8. The van der Waals surface area contributed by atoms with Crippen molar-refractivity contribution in [3.05, 3.63) is 206 Å². The van der Waals surface area contributed by atoms with E-state index in [0.29, 0.717) is 23.9 Å². The molecular weight excluding hydrogens is 707 g/mol. The molecule has 0 aliphatic rings. The van der Waals surface area contributed by atoms with Gasteiger partial charge in [-0.3, -0.25) is 0 Å². The van der Waals surface area contributed by atoms with Crippen molar-refractivity contribution in [3.8, 4) is 33.9 Å². The molecule has 0 spiro atoms. The first-order valence-electron chi connectivity index (χ1n) is 19.6. The van der Waals surface area contributed by atoms with E-state index < -0.39 is 0 Å². The van der Waals surface area contributed by atoms with Gasteiger partial charge in [0.25, 0.3) is 0 Å². The first kappa shape index (κ1) is 33.6. The maximum absolute atomic E-state index is 6.32. The highest BCUT2D eigenvalue weighted by Crippen LogP contribution is 2.40. The van der Waals surface area contributed by atoms with E-state index in [2.05, 4.69) is 164 Å². The van der Waals surface area contributed by atoms with Gasteiger partial charge < -0.3 is 4.42 Å². The number of nitrogens with zero attached hydrogens (tertiary/aromatic N) is 3. The van der Waals surface area contributed by atoms with Crippen LogP contribution in [0, 0.1) is 0 Å². The second-order valence-electron chi connectivity index (χ2n) is 14.7. The molecule has 0 atom stereocenters. The van der Waals surface area contributed by atoms with E-state index in [0.717, 1.165) is 66.1 Å². The molecule has 58 heavy (non-hydrogen) atoms. The van der Waals surface area contributed by atoms with Gasteiger partial charge in [-0.15, -0.1) is 0 Å². The number of benzene rings is 9. The maximum atomic E-state index is 6.32. The number of furan rings is 1. The third kappa shape index (κ3) is 5.65. The number of fused-ring (bicyclic) bond motifs is 9. The van der Waals surface area contributed by atoms with Crippen molar-refractivity contribution in [2.75, 3.05) is 0 Å². The van der Waals surface area contributed by atoms with Gasteiger partial charge in [0.2, 0.25) is 0 Å².